The Bertz CT molecular complexity index is 1060. The highest BCUT2D eigenvalue weighted by Gasteiger charge is 2.40. The second-order valence-electron chi connectivity index (χ2n) is 6.28. The van der Waals surface area contributed by atoms with Gasteiger partial charge in [0.25, 0.3) is 12.3 Å². The first-order chi connectivity index (χ1) is 13.4. The summed E-state index contributed by atoms with van der Waals surface area (Å²) in [5, 5.41) is 1.10. The number of carbonyl (C=O) groups is 1. The molecule has 0 aliphatic carbocycles. The maximum atomic E-state index is 14.1. The van der Waals surface area contributed by atoms with E-state index < -0.39 is 18.4 Å². The summed E-state index contributed by atoms with van der Waals surface area (Å²) in [5.41, 5.74) is 1.45. The molecule has 1 amide bonds. The highest BCUT2D eigenvalue weighted by Crippen LogP contribution is 2.42. The Labute approximate surface area is 168 Å². The molecule has 0 saturated heterocycles. The van der Waals surface area contributed by atoms with Crippen LogP contribution in [0.25, 0.3) is 10.9 Å². The summed E-state index contributed by atoms with van der Waals surface area (Å²) in [6.07, 6.45) is 0.193. The van der Waals surface area contributed by atoms with Crippen LogP contribution in [0.5, 0.6) is 5.75 Å². The number of aromatic amines is 1. The molecule has 0 saturated carbocycles. The van der Waals surface area contributed by atoms with Crippen molar-refractivity contribution in [3.63, 3.8) is 0 Å². The van der Waals surface area contributed by atoms with Crippen molar-refractivity contribution in [1.82, 2.24) is 19.9 Å². The van der Waals surface area contributed by atoms with Crippen molar-refractivity contribution in [2.24, 2.45) is 0 Å². The first kappa shape index (κ1) is 18.9. The Balaban J connectivity index is 1.79. The van der Waals surface area contributed by atoms with Crippen molar-refractivity contribution < 1.29 is 18.3 Å². The number of amides is 1. The molecule has 3 aromatic rings. The van der Waals surface area contributed by atoms with Gasteiger partial charge in [0.05, 0.1) is 35.1 Å². The quantitative estimate of drug-likeness (QED) is 0.678. The van der Waals surface area contributed by atoms with Crippen LogP contribution in [0, 0.1) is 0 Å². The molecule has 146 valence electrons. The summed E-state index contributed by atoms with van der Waals surface area (Å²) in [6, 6.07) is 1.73. The number of benzene rings is 1. The van der Waals surface area contributed by atoms with E-state index in [0.29, 0.717) is 39.4 Å². The molecule has 0 spiro atoms. The lowest BCUT2D eigenvalue weighted by atomic mass is 9.95. The summed E-state index contributed by atoms with van der Waals surface area (Å²) in [4.78, 5) is 24.9. The monoisotopic (exact) mass is 426 g/mol. The lowest BCUT2D eigenvalue weighted by Gasteiger charge is -2.35. The molecule has 28 heavy (non-hydrogen) atoms. The van der Waals surface area contributed by atoms with E-state index in [1.54, 1.807) is 12.1 Å². The molecule has 1 N–H and O–H groups in total. The van der Waals surface area contributed by atoms with Crippen LogP contribution >= 0.6 is 23.2 Å². The fourth-order valence-corrected chi connectivity index (χ4v) is 3.86. The molecule has 1 unspecified atom stereocenters. The van der Waals surface area contributed by atoms with Gasteiger partial charge < -0.3 is 14.6 Å². The molecule has 3 heterocycles. The average Bonchev–Trinajstić information content (AvgIpc) is 3.08. The topological polar surface area (TPSA) is 71.1 Å². The van der Waals surface area contributed by atoms with Crippen molar-refractivity contribution in [2.75, 3.05) is 13.7 Å². The van der Waals surface area contributed by atoms with E-state index in [1.165, 1.54) is 19.5 Å². The van der Waals surface area contributed by atoms with Gasteiger partial charge in [-0.15, -0.1) is 0 Å². The third kappa shape index (κ3) is 2.97. The number of methoxy groups -OCH3 is 1. The zero-order valence-electron chi connectivity index (χ0n) is 14.5. The number of fused-ring (bicyclic) bond motifs is 3. The van der Waals surface area contributed by atoms with Crippen LogP contribution in [0.1, 0.15) is 27.9 Å². The molecule has 1 aromatic carbocycles. The number of H-pyrrole nitrogens is 1. The fourth-order valence-electron chi connectivity index (χ4n) is 3.49. The predicted molar refractivity (Wildman–Crippen MR) is 100 cm³/mol. The normalized spacial score (nSPS) is 16.5. The van der Waals surface area contributed by atoms with Crippen LogP contribution < -0.4 is 4.74 Å². The van der Waals surface area contributed by atoms with Crippen molar-refractivity contribution >= 4 is 40.0 Å². The minimum absolute atomic E-state index is 0.0917. The second-order valence-corrected chi connectivity index (χ2v) is 7.06. The van der Waals surface area contributed by atoms with Gasteiger partial charge in [0, 0.05) is 29.6 Å². The first-order valence-corrected chi connectivity index (χ1v) is 9.11. The number of hydrogen-bond acceptors (Lipinski definition) is 4. The number of alkyl halides is 2. The van der Waals surface area contributed by atoms with Gasteiger partial charge >= 0.3 is 0 Å². The number of hydrogen-bond donors (Lipinski definition) is 1. The number of nitrogens with zero attached hydrogens (tertiary/aromatic N) is 3. The van der Waals surface area contributed by atoms with Gasteiger partial charge in [0.2, 0.25) is 5.82 Å². The van der Waals surface area contributed by atoms with Crippen molar-refractivity contribution in [3.05, 3.63) is 51.7 Å². The standard InChI is InChI=1S/C18H14Cl2F2N4O2/c1-28-8-6-23-17(24-7-8)18(27)26-5-4-11-12(15(26)16(21)22)9-2-3-10(19)13(20)14(9)25-11/h2-3,6-7,15-16,25H,4-5H2,1H3. The highest BCUT2D eigenvalue weighted by atomic mass is 35.5. The number of ether oxygens (including phenoxy) is 1. The number of aromatic nitrogens is 3. The maximum absolute atomic E-state index is 14.1. The maximum Gasteiger partial charge on any atom is 0.292 e. The predicted octanol–water partition coefficient (Wildman–Crippen LogP) is 4.28. The molecule has 1 aliphatic rings. The van der Waals surface area contributed by atoms with E-state index in [1.807, 2.05) is 0 Å². The highest BCUT2D eigenvalue weighted by molar-refractivity contribution is 6.45. The lowest BCUT2D eigenvalue weighted by molar-refractivity contribution is 0.0161. The van der Waals surface area contributed by atoms with Gasteiger partial charge in [-0.3, -0.25) is 4.79 Å². The van der Waals surface area contributed by atoms with Crippen molar-refractivity contribution in [2.45, 2.75) is 18.9 Å². The van der Waals surface area contributed by atoms with E-state index in [4.69, 9.17) is 27.9 Å². The van der Waals surface area contributed by atoms with E-state index in [-0.39, 0.29) is 17.4 Å². The van der Waals surface area contributed by atoms with Crippen LogP contribution in [0.4, 0.5) is 8.78 Å². The SMILES string of the molecule is COc1cnc(C(=O)N2CCc3[nH]c4c(Cl)c(Cl)ccc4c3C2C(F)F)nc1. The molecule has 0 fully saturated rings. The third-order valence-corrected chi connectivity index (χ3v) is 5.58. The van der Waals surface area contributed by atoms with Gasteiger partial charge in [0.15, 0.2) is 5.75 Å². The van der Waals surface area contributed by atoms with Gasteiger partial charge in [-0.25, -0.2) is 18.7 Å². The average molecular weight is 427 g/mol. The Kier molecular flexibility index (Phi) is 4.84. The lowest BCUT2D eigenvalue weighted by Crippen LogP contribution is -2.43. The van der Waals surface area contributed by atoms with Gasteiger partial charge in [-0.2, -0.15) is 0 Å². The Hall–Kier alpha value is -2.45. The summed E-state index contributed by atoms with van der Waals surface area (Å²) in [5.74, 6) is -0.477. The summed E-state index contributed by atoms with van der Waals surface area (Å²) in [6.45, 7) is 0.0917. The molecule has 4 rings (SSSR count). The van der Waals surface area contributed by atoms with Gasteiger partial charge in [-0.1, -0.05) is 29.3 Å². The largest absolute Gasteiger partial charge is 0.494 e. The molecule has 1 atom stereocenters. The van der Waals surface area contributed by atoms with Gasteiger partial charge in [0.1, 0.15) is 6.04 Å². The zero-order chi connectivity index (χ0) is 20.0. The van der Waals surface area contributed by atoms with Gasteiger partial charge in [-0.05, 0) is 6.07 Å². The summed E-state index contributed by atoms with van der Waals surface area (Å²) >= 11 is 12.3. The van der Waals surface area contributed by atoms with E-state index in [2.05, 4.69) is 15.0 Å². The van der Waals surface area contributed by atoms with Crippen LogP contribution in [0.2, 0.25) is 10.0 Å². The fraction of sp³-hybridized carbons (Fsp3) is 0.278. The zero-order valence-corrected chi connectivity index (χ0v) is 16.1. The smallest absolute Gasteiger partial charge is 0.292 e. The Morgan fingerprint density at radius 3 is 2.68 bits per heavy atom. The first-order valence-electron chi connectivity index (χ1n) is 8.36. The van der Waals surface area contributed by atoms with Crippen LogP contribution in [-0.2, 0) is 6.42 Å². The molecule has 2 aromatic heterocycles. The molecule has 6 nitrogen and oxygen atoms in total. The second kappa shape index (κ2) is 7.18. The van der Waals surface area contributed by atoms with Crippen LogP contribution in [0.15, 0.2) is 24.5 Å². The number of carbonyl (C=O) groups excluding carboxylic acids is 1. The molecular formula is C18H14Cl2F2N4O2. The van der Waals surface area contributed by atoms with E-state index in [9.17, 15) is 13.6 Å². The Morgan fingerprint density at radius 2 is 2.04 bits per heavy atom. The minimum atomic E-state index is -2.81. The number of nitrogens with one attached hydrogen (secondary N) is 1. The summed E-state index contributed by atoms with van der Waals surface area (Å²) < 4.78 is 33.2. The van der Waals surface area contributed by atoms with E-state index in [0.717, 1.165) is 4.90 Å². The third-order valence-electron chi connectivity index (χ3n) is 4.77. The van der Waals surface area contributed by atoms with E-state index >= 15 is 0 Å². The number of halogens is 4. The molecular weight excluding hydrogens is 413 g/mol. The molecule has 0 radical (unpaired) electrons. The molecule has 10 heteroatoms. The van der Waals surface area contributed by atoms with Crippen LogP contribution in [0.3, 0.4) is 0 Å². The van der Waals surface area contributed by atoms with Crippen molar-refractivity contribution in [3.8, 4) is 5.75 Å². The molecule has 0 bridgehead atoms. The molecule has 1 aliphatic heterocycles. The van der Waals surface area contributed by atoms with Crippen LogP contribution in [-0.4, -0.2) is 45.8 Å². The summed E-state index contributed by atoms with van der Waals surface area (Å²) in [7, 11) is 1.44. The van der Waals surface area contributed by atoms with Crippen molar-refractivity contribution in [1.29, 1.82) is 0 Å². The Morgan fingerprint density at radius 1 is 1.32 bits per heavy atom. The minimum Gasteiger partial charge on any atom is -0.494 e. The number of rotatable bonds is 3.